The number of nitrogens with one attached hydrogen (secondary N) is 2. The van der Waals surface area contributed by atoms with Crippen LogP contribution in [0.2, 0.25) is 0 Å². The van der Waals surface area contributed by atoms with Crippen LogP contribution in [0.15, 0.2) is 0 Å². The molecule has 0 aliphatic rings. The summed E-state index contributed by atoms with van der Waals surface area (Å²) in [5.41, 5.74) is 1.73. The largest absolute Gasteiger partial charge is 0.348 e. The maximum absolute atomic E-state index is 10.8. The number of carbonyl (C=O) groups is 3. The number of hydrogen-bond donors (Lipinski definition) is 3. The van der Waals surface area contributed by atoms with Gasteiger partial charge in [0.2, 0.25) is 0 Å². The lowest BCUT2D eigenvalue weighted by Gasteiger charge is -2.02. The van der Waals surface area contributed by atoms with Crippen LogP contribution < -0.4 is 16.6 Å². The topological polar surface area (TPSA) is 101 Å². The number of hydrazine groups is 1. The molecular weight excluding hydrogens is 186 g/mol. The van der Waals surface area contributed by atoms with Crippen LogP contribution in [0.3, 0.4) is 0 Å². The monoisotopic (exact) mass is 201 g/mol. The van der Waals surface area contributed by atoms with Crippen molar-refractivity contribution in [3.05, 3.63) is 0 Å². The predicted octanol–water partition coefficient (Wildman–Crippen LogP) is -1.15. The number of carbonyl (C=O) groups excluding carboxylic acids is 3. The van der Waals surface area contributed by atoms with Gasteiger partial charge in [0.25, 0.3) is 0 Å². The number of rotatable bonds is 6. The Kier molecular flexibility index (Phi) is 7.35. The van der Waals surface area contributed by atoms with Crippen molar-refractivity contribution in [3.8, 4) is 0 Å². The molecular formula is C8H15N3O3. The molecule has 0 rings (SSSR count). The Bertz CT molecular complexity index is 206. The molecule has 0 radical (unpaired) electrons. The average Bonchev–Trinajstić information content (AvgIpc) is 2.21. The lowest BCUT2D eigenvalue weighted by atomic mass is 10.2. The first-order valence-electron chi connectivity index (χ1n) is 4.44. The number of aldehydes is 1. The predicted molar refractivity (Wildman–Crippen MR) is 49.9 cm³/mol. The molecule has 0 atom stereocenters. The molecule has 6 nitrogen and oxygen atoms in total. The zero-order chi connectivity index (χ0) is 10.8. The fourth-order valence-corrected chi connectivity index (χ4v) is 0.877. The molecule has 14 heavy (non-hydrogen) atoms. The fourth-order valence-electron chi connectivity index (χ4n) is 0.877. The normalized spacial score (nSPS) is 9.21. The van der Waals surface area contributed by atoms with E-state index >= 15 is 0 Å². The molecule has 0 fully saturated rings. The van der Waals surface area contributed by atoms with Crippen molar-refractivity contribution in [1.82, 2.24) is 10.7 Å². The van der Waals surface area contributed by atoms with Gasteiger partial charge in [-0.25, -0.2) is 5.84 Å². The summed E-state index contributed by atoms with van der Waals surface area (Å²) in [4.78, 5) is 31.3. The van der Waals surface area contributed by atoms with Crippen LogP contribution in [0.25, 0.3) is 0 Å². The van der Waals surface area contributed by atoms with E-state index in [0.29, 0.717) is 13.0 Å². The first-order chi connectivity index (χ1) is 6.72. The Morgan fingerprint density at radius 2 is 1.86 bits per heavy atom. The third kappa shape index (κ3) is 6.13. The van der Waals surface area contributed by atoms with E-state index in [1.807, 2.05) is 0 Å². The quantitative estimate of drug-likeness (QED) is 0.126. The molecule has 0 bridgehead atoms. The molecule has 0 saturated carbocycles. The molecule has 0 spiro atoms. The van der Waals surface area contributed by atoms with Crippen LogP contribution in [-0.4, -0.2) is 24.6 Å². The molecule has 80 valence electrons. The molecule has 0 aromatic carbocycles. The van der Waals surface area contributed by atoms with Crippen molar-refractivity contribution < 1.29 is 14.4 Å². The average molecular weight is 201 g/mol. The van der Waals surface area contributed by atoms with Crippen molar-refractivity contribution in [1.29, 1.82) is 0 Å². The highest BCUT2D eigenvalue weighted by atomic mass is 16.2. The van der Waals surface area contributed by atoms with Crippen LogP contribution in [0.5, 0.6) is 0 Å². The van der Waals surface area contributed by atoms with Gasteiger partial charge < -0.3 is 10.1 Å². The van der Waals surface area contributed by atoms with E-state index in [9.17, 15) is 14.4 Å². The van der Waals surface area contributed by atoms with Gasteiger partial charge in [0.05, 0.1) is 0 Å². The van der Waals surface area contributed by atoms with E-state index in [1.54, 1.807) is 5.43 Å². The molecule has 6 heteroatoms. The summed E-state index contributed by atoms with van der Waals surface area (Å²) in [6.45, 7) is 0.422. The minimum Gasteiger partial charge on any atom is -0.348 e. The molecule has 0 unspecified atom stereocenters. The van der Waals surface area contributed by atoms with Crippen LogP contribution in [-0.2, 0) is 14.4 Å². The fraction of sp³-hybridized carbons (Fsp3) is 0.625. The first-order valence-corrected chi connectivity index (χ1v) is 4.44. The van der Waals surface area contributed by atoms with Crippen molar-refractivity contribution >= 4 is 18.1 Å². The SMILES string of the molecule is NNC(=O)C(=O)NCCCCCC=O. The summed E-state index contributed by atoms with van der Waals surface area (Å²) in [6.07, 6.45) is 3.81. The van der Waals surface area contributed by atoms with Gasteiger partial charge >= 0.3 is 11.8 Å². The molecule has 0 aliphatic heterocycles. The molecule has 0 aliphatic carbocycles. The van der Waals surface area contributed by atoms with E-state index in [-0.39, 0.29) is 0 Å². The Morgan fingerprint density at radius 3 is 2.43 bits per heavy atom. The number of amides is 2. The van der Waals surface area contributed by atoms with Crippen molar-refractivity contribution in [3.63, 3.8) is 0 Å². The third-order valence-corrected chi connectivity index (χ3v) is 1.62. The zero-order valence-corrected chi connectivity index (χ0v) is 7.91. The van der Waals surface area contributed by atoms with Gasteiger partial charge in [0.15, 0.2) is 0 Å². The maximum Gasteiger partial charge on any atom is 0.323 e. The summed E-state index contributed by atoms with van der Waals surface area (Å²) >= 11 is 0. The van der Waals surface area contributed by atoms with E-state index in [1.165, 1.54) is 0 Å². The Balaban J connectivity index is 3.31. The summed E-state index contributed by atoms with van der Waals surface area (Å²) in [6, 6.07) is 0. The van der Waals surface area contributed by atoms with Crippen molar-refractivity contribution in [2.24, 2.45) is 5.84 Å². The van der Waals surface area contributed by atoms with E-state index < -0.39 is 11.8 Å². The first kappa shape index (κ1) is 12.6. The van der Waals surface area contributed by atoms with Crippen LogP contribution in [0, 0.1) is 0 Å². The minimum atomic E-state index is -0.849. The van der Waals surface area contributed by atoms with E-state index in [4.69, 9.17) is 5.84 Å². The summed E-state index contributed by atoms with van der Waals surface area (Å²) in [5, 5.41) is 2.39. The van der Waals surface area contributed by atoms with Gasteiger partial charge in [-0.05, 0) is 12.8 Å². The van der Waals surface area contributed by atoms with Crippen molar-refractivity contribution in [2.45, 2.75) is 25.7 Å². The maximum atomic E-state index is 10.8. The van der Waals surface area contributed by atoms with Gasteiger partial charge in [-0.2, -0.15) is 0 Å². The zero-order valence-electron chi connectivity index (χ0n) is 7.91. The highest BCUT2D eigenvalue weighted by Gasteiger charge is 2.09. The van der Waals surface area contributed by atoms with Crippen LogP contribution >= 0.6 is 0 Å². The highest BCUT2D eigenvalue weighted by molar-refractivity contribution is 6.34. The summed E-state index contributed by atoms with van der Waals surface area (Å²) in [5.74, 6) is 3.16. The molecule has 0 aromatic rings. The van der Waals surface area contributed by atoms with Gasteiger partial charge in [0, 0.05) is 13.0 Å². The number of unbranched alkanes of at least 4 members (excludes halogenated alkanes) is 3. The molecule has 0 heterocycles. The van der Waals surface area contributed by atoms with Gasteiger partial charge in [0.1, 0.15) is 6.29 Å². The van der Waals surface area contributed by atoms with Crippen molar-refractivity contribution in [2.75, 3.05) is 6.54 Å². The van der Waals surface area contributed by atoms with E-state index in [0.717, 1.165) is 25.5 Å². The smallest absolute Gasteiger partial charge is 0.323 e. The number of hydrogen-bond acceptors (Lipinski definition) is 4. The lowest BCUT2D eigenvalue weighted by Crippen LogP contribution is -2.43. The Morgan fingerprint density at radius 1 is 1.14 bits per heavy atom. The minimum absolute atomic E-state index is 0.422. The highest BCUT2D eigenvalue weighted by Crippen LogP contribution is 1.95. The van der Waals surface area contributed by atoms with Gasteiger partial charge in [-0.3, -0.25) is 15.0 Å². The molecule has 0 saturated heterocycles. The molecule has 2 amide bonds. The Hall–Kier alpha value is -1.43. The Labute approximate surface area is 82.2 Å². The lowest BCUT2D eigenvalue weighted by molar-refractivity contribution is -0.139. The van der Waals surface area contributed by atoms with Crippen LogP contribution in [0.1, 0.15) is 25.7 Å². The van der Waals surface area contributed by atoms with E-state index in [2.05, 4.69) is 5.32 Å². The second-order valence-corrected chi connectivity index (χ2v) is 2.75. The summed E-state index contributed by atoms with van der Waals surface area (Å²) < 4.78 is 0. The second-order valence-electron chi connectivity index (χ2n) is 2.75. The second kappa shape index (κ2) is 8.18. The molecule has 0 aromatic heterocycles. The number of nitrogens with two attached hydrogens (primary N) is 1. The van der Waals surface area contributed by atoms with Crippen LogP contribution in [0.4, 0.5) is 0 Å². The van der Waals surface area contributed by atoms with Gasteiger partial charge in [-0.15, -0.1) is 0 Å². The van der Waals surface area contributed by atoms with Gasteiger partial charge in [-0.1, -0.05) is 6.42 Å². The summed E-state index contributed by atoms with van der Waals surface area (Å²) in [7, 11) is 0. The third-order valence-electron chi connectivity index (χ3n) is 1.62. The molecule has 4 N–H and O–H groups in total. The standard InChI is InChI=1S/C8H15N3O3/c9-11-8(14)7(13)10-5-3-1-2-4-6-12/h6H,1-5,9H2,(H,10,13)(H,11,14).